The molecule has 0 spiro atoms. The molecule has 0 aliphatic heterocycles. The van der Waals surface area contributed by atoms with Crippen LogP contribution >= 0.6 is 0 Å². The van der Waals surface area contributed by atoms with E-state index < -0.39 is 30.3 Å². The molecule has 0 aromatic heterocycles. The van der Waals surface area contributed by atoms with E-state index in [-0.39, 0.29) is 38.2 Å². The fourth-order valence-electron chi connectivity index (χ4n) is 3.95. The van der Waals surface area contributed by atoms with Gasteiger partial charge in [-0.2, -0.15) is 0 Å². The zero-order valence-corrected chi connectivity index (χ0v) is 19.8. The number of hydrogen-bond donors (Lipinski definition) is 2. The molecule has 0 heterocycles. The number of anilines is 2. The van der Waals surface area contributed by atoms with Crippen molar-refractivity contribution in [2.45, 2.75) is 51.0 Å². The molecule has 194 valence electrons. The van der Waals surface area contributed by atoms with E-state index in [1.165, 1.54) is 6.08 Å². The van der Waals surface area contributed by atoms with Crippen molar-refractivity contribution in [3.63, 3.8) is 0 Å². The van der Waals surface area contributed by atoms with Crippen molar-refractivity contribution < 1.29 is 37.0 Å². The minimum Gasteiger partial charge on any atom is -0.462 e. The van der Waals surface area contributed by atoms with E-state index in [1.807, 2.05) is 6.92 Å². The number of carbonyl (C=O) groups is 2. The van der Waals surface area contributed by atoms with Crippen LogP contribution in [0.1, 0.15) is 49.7 Å². The van der Waals surface area contributed by atoms with Crippen molar-refractivity contribution in [3.05, 3.63) is 59.7 Å². The largest absolute Gasteiger partial charge is 0.522 e. The van der Waals surface area contributed by atoms with Gasteiger partial charge in [0.05, 0.1) is 18.6 Å². The second-order valence-corrected chi connectivity index (χ2v) is 8.82. The molecule has 1 fully saturated rings. The lowest BCUT2D eigenvalue weighted by molar-refractivity contribution is -0.345. The van der Waals surface area contributed by atoms with Crippen LogP contribution in [-0.2, 0) is 19.1 Å². The average Bonchev–Trinajstić information content (AvgIpc) is 2.81. The second kappa shape index (κ2) is 11.9. The van der Waals surface area contributed by atoms with E-state index in [0.717, 1.165) is 5.56 Å². The van der Waals surface area contributed by atoms with Gasteiger partial charge in [0.2, 0.25) is 0 Å². The smallest absolute Gasteiger partial charge is 0.462 e. The molecule has 0 radical (unpaired) electrons. The number of halogens is 3. The minimum atomic E-state index is -4.67. The molecule has 1 unspecified atom stereocenters. The maximum absolute atomic E-state index is 12.4. The minimum absolute atomic E-state index is 0.0886. The van der Waals surface area contributed by atoms with Crippen molar-refractivity contribution in [1.82, 2.24) is 0 Å². The highest BCUT2D eigenvalue weighted by atomic mass is 19.4. The van der Waals surface area contributed by atoms with E-state index in [0.29, 0.717) is 22.7 Å². The Balaban J connectivity index is 1.43. The van der Waals surface area contributed by atoms with Gasteiger partial charge in [0, 0.05) is 23.4 Å². The van der Waals surface area contributed by atoms with Gasteiger partial charge in [0.1, 0.15) is 5.75 Å². The van der Waals surface area contributed by atoms with Crippen LogP contribution in [0.5, 0.6) is 5.75 Å². The first-order chi connectivity index (χ1) is 17.0. The number of alkyl halides is 3. The highest BCUT2D eigenvalue weighted by Crippen LogP contribution is 2.32. The lowest BCUT2D eigenvalue weighted by atomic mass is 9.87. The standard InChI is InChI=1S/C26H29F3N2O5/c1-16(19-12-20(30)14-21(31)13-19)15-34-24(32)11-4-17-2-7-22(8-3-17)35-25(33)18-5-9-23(10-6-18)36-26(27,28)29/h2-4,7-8,11-14,16,18,23H,5-6,9-10,15,30-31H2,1H3. The van der Waals surface area contributed by atoms with E-state index in [1.54, 1.807) is 48.5 Å². The first-order valence-corrected chi connectivity index (χ1v) is 11.6. The van der Waals surface area contributed by atoms with Crippen LogP contribution < -0.4 is 16.2 Å². The maximum atomic E-state index is 12.4. The van der Waals surface area contributed by atoms with Gasteiger partial charge in [-0.15, -0.1) is 13.2 Å². The van der Waals surface area contributed by atoms with Crippen LogP contribution in [0.2, 0.25) is 0 Å². The number of esters is 2. The zero-order chi connectivity index (χ0) is 26.3. The topological polar surface area (TPSA) is 114 Å². The summed E-state index contributed by atoms with van der Waals surface area (Å²) in [6.45, 7) is 2.05. The number of hydrogen-bond acceptors (Lipinski definition) is 7. The molecular weight excluding hydrogens is 477 g/mol. The van der Waals surface area contributed by atoms with E-state index in [4.69, 9.17) is 20.9 Å². The molecule has 7 nitrogen and oxygen atoms in total. The van der Waals surface area contributed by atoms with E-state index in [2.05, 4.69) is 4.74 Å². The first-order valence-electron chi connectivity index (χ1n) is 11.6. The normalized spacial score (nSPS) is 19.1. The molecule has 0 saturated heterocycles. The molecule has 1 aliphatic carbocycles. The van der Waals surface area contributed by atoms with Gasteiger partial charge in [-0.25, -0.2) is 4.79 Å². The Kier molecular flexibility index (Phi) is 8.98. The molecule has 2 aromatic rings. The van der Waals surface area contributed by atoms with Crippen LogP contribution in [0.4, 0.5) is 24.5 Å². The predicted molar refractivity (Wildman–Crippen MR) is 129 cm³/mol. The Morgan fingerprint density at radius 2 is 1.64 bits per heavy atom. The van der Waals surface area contributed by atoms with E-state index in [9.17, 15) is 22.8 Å². The molecule has 1 saturated carbocycles. The maximum Gasteiger partial charge on any atom is 0.522 e. The molecular formula is C26H29F3N2O5. The van der Waals surface area contributed by atoms with Crippen LogP contribution in [0, 0.1) is 5.92 Å². The molecule has 36 heavy (non-hydrogen) atoms. The summed E-state index contributed by atoms with van der Waals surface area (Å²) >= 11 is 0. The monoisotopic (exact) mass is 506 g/mol. The summed E-state index contributed by atoms with van der Waals surface area (Å²) in [5.74, 6) is -1.25. The van der Waals surface area contributed by atoms with Gasteiger partial charge in [-0.1, -0.05) is 19.1 Å². The predicted octanol–water partition coefficient (Wildman–Crippen LogP) is 5.21. The summed E-state index contributed by atoms with van der Waals surface area (Å²) in [4.78, 5) is 24.4. The Hall–Kier alpha value is -3.53. The molecule has 1 atom stereocenters. The molecule has 0 amide bonds. The highest BCUT2D eigenvalue weighted by Gasteiger charge is 2.36. The fourth-order valence-corrected chi connectivity index (χ4v) is 3.95. The average molecular weight is 507 g/mol. The van der Waals surface area contributed by atoms with Gasteiger partial charge in [0.15, 0.2) is 0 Å². The number of benzene rings is 2. The SMILES string of the molecule is CC(COC(=O)C=Cc1ccc(OC(=O)C2CCC(OC(F)(F)F)CC2)cc1)c1cc(N)cc(N)c1. The summed E-state index contributed by atoms with van der Waals surface area (Å²) < 4.78 is 51.6. The van der Waals surface area contributed by atoms with Crippen LogP contribution in [-0.4, -0.2) is 31.0 Å². The van der Waals surface area contributed by atoms with Gasteiger partial charge in [-0.05, 0) is 73.2 Å². The van der Waals surface area contributed by atoms with Crippen molar-refractivity contribution in [2.24, 2.45) is 5.92 Å². The Morgan fingerprint density at radius 1 is 1.03 bits per heavy atom. The Labute approximate surface area is 207 Å². The number of nitrogens with two attached hydrogens (primary N) is 2. The van der Waals surface area contributed by atoms with Gasteiger partial charge in [-0.3, -0.25) is 9.53 Å². The van der Waals surface area contributed by atoms with Crippen LogP contribution in [0.15, 0.2) is 48.5 Å². The van der Waals surface area contributed by atoms with Crippen molar-refractivity contribution >= 4 is 29.4 Å². The second-order valence-electron chi connectivity index (χ2n) is 8.82. The molecule has 4 N–H and O–H groups in total. The molecule has 2 aromatic carbocycles. The fraction of sp³-hybridized carbons (Fsp3) is 0.385. The Bertz CT molecular complexity index is 1060. The third-order valence-corrected chi connectivity index (χ3v) is 5.86. The van der Waals surface area contributed by atoms with Gasteiger partial charge >= 0.3 is 18.3 Å². The third-order valence-electron chi connectivity index (χ3n) is 5.86. The number of carbonyl (C=O) groups excluding carboxylic acids is 2. The summed E-state index contributed by atoms with van der Waals surface area (Å²) in [5.41, 5.74) is 14.2. The van der Waals surface area contributed by atoms with E-state index >= 15 is 0 Å². The number of ether oxygens (including phenoxy) is 3. The summed E-state index contributed by atoms with van der Waals surface area (Å²) in [7, 11) is 0. The first kappa shape index (κ1) is 27.1. The molecule has 10 heteroatoms. The van der Waals surface area contributed by atoms with Gasteiger partial charge < -0.3 is 20.9 Å². The van der Waals surface area contributed by atoms with Crippen LogP contribution in [0.3, 0.4) is 0 Å². The van der Waals surface area contributed by atoms with Crippen molar-refractivity contribution in [1.29, 1.82) is 0 Å². The highest BCUT2D eigenvalue weighted by molar-refractivity contribution is 5.87. The summed E-state index contributed by atoms with van der Waals surface area (Å²) in [6, 6.07) is 11.7. The molecule has 3 rings (SSSR count). The molecule has 0 bridgehead atoms. The summed E-state index contributed by atoms with van der Waals surface area (Å²) in [5, 5.41) is 0. The lowest BCUT2D eigenvalue weighted by Gasteiger charge is -2.27. The Morgan fingerprint density at radius 3 is 2.22 bits per heavy atom. The van der Waals surface area contributed by atoms with Crippen molar-refractivity contribution in [2.75, 3.05) is 18.1 Å². The number of rotatable bonds is 8. The van der Waals surface area contributed by atoms with Crippen LogP contribution in [0.25, 0.3) is 6.08 Å². The quantitative estimate of drug-likeness (QED) is 0.219. The van der Waals surface area contributed by atoms with Gasteiger partial charge in [0.25, 0.3) is 0 Å². The molecule has 1 aliphatic rings. The third kappa shape index (κ3) is 8.60. The zero-order valence-electron chi connectivity index (χ0n) is 19.8. The number of nitrogen functional groups attached to an aromatic ring is 2. The summed E-state index contributed by atoms with van der Waals surface area (Å²) in [6.07, 6.45) is -1.90. The van der Waals surface area contributed by atoms with Crippen molar-refractivity contribution in [3.8, 4) is 5.75 Å². The lowest BCUT2D eigenvalue weighted by Crippen LogP contribution is -2.32.